The predicted molar refractivity (Wildman–Crippen MR) is 131 cm³/mol. The normalized spacial score (nSPS) is 9.14. The fraction of sp³-hybridized carbons (Fsp3) is 0.192. The average Bonchev–Trinajstić information content (AvgIpc) is 2.78. The van der Waals surface area contributed by atoms with Crippen LogP contribution in [0.1, 0.15) is 26.3 Å². The molecule has 2 rings (SSSR count). The van der Waals surface area contributed by atoms with E-state index in [0.29, 0.717) is 0 Å². The fourth-order valence-corrected chi connectivity index (χ4v) is 2.06. The summed E-state index contributed by atoms with van der Waals surface area (Å²) in [5, 5.41) is 6.14. The minimum atomic E-state index is 0.790. The van der Waals surface area contributed by atoms with Gasteiger partial charge in [-0.25, -0.2) is 0 Å². The summed E-state index contributed by atoms with van der Waals surface area (Å²) in [4.78, 5) is 8.00. The van der Waals surface area contributed by atoms with Gasteiger partial charge in [-0.05, 0) is 37.1 Å². The van der Waals surface area contributed by atoms with Gasteiger partial charge in [0.1, 0.15) is 6.79 Å². The molecule has 0 atom stereocenters. The molecule has 0 unspecified atom stereocenters. The number of aryl methyl sites for hydroxylation is 1. The van der Waals surface area contributed by atoms with E-state index in [1.165, 1.54) is 16.7 Å². The molecule has 2 N–H and O–H groups in total. The van der Waals surface area contributed by atoms with Gasteiger partial charge in [0.25, 0.3) is 0 Å². The lowest BCUT2D eigenvalue weighted by molar-refractivity contribution is -0.0979. The van der Waals surface area contributed by atoms with Gasteiger partial charge < -0.3 is 15.4 Å². The Kier molecular flexibility index (Phi) is 18.7. The molecule has 0 bridgehead atoms. The molecular weight excluding hydrogens is 356 g/mol. The Hall–Kier alpha value is -3.33. The second-order valence-electron chi connectivity index (χ2n) is 5.45. The number of hydrogen-bond acceptors (Lipinski definition) is 3. The third-order valence-corrected chi connectivity index (χ3v) is 3.38. The topological polar surface area (TPSA) is 41.1 Å². The first-order chi connectivity index (χ1) is 14.1. The van der Waals surface area contributed by atoms with Crippen molar-refractivity contribution < 1.29 is 4.79 Å². The first-order valence-electron chi connectivity index (χ1n) is 9.60. The molecule has 0 aliphatic heterocycles. The van der Waals surface area contributed by atoms with Crippen LogP contribution in [0.4, 0.5) is 5.69 Å². The quantitative estimate of drug-likeness (QED) is 0.525. The molecule has 0 spiro atoms. The summed E-state index contributed by atoms with van der Waals surface area (Å²) >= 11 is 0. The summed E-state index contributed by atoms with van der Waals surface area (Å²) in [6.45, 7) is 17.4. The van der Waals surface area contributed by atoms with Gasteiger partial charge in [0, 0.05) is 12.7 Å². The molecule has 156 valence electrons. The maximum Gasteiger partial charge on any atom is 0.106 e. The number of carbonyl (C=O) groups is 1. The molecular formula is C26H36N2O. The predicted octanol–water partition coefficient (Wildman–Crippen LogP) is 6.91. The molecule has 0 heterocycles. The molecule has 3 nitrogen and oxygen atoms in total. The summed E-state index contributed by atoms with van der Waals surface area (Å²) in [6, 6.07) is 16.8. The van der Waals surface area contributed by atoms with Gasteiger partial charge in [0.15, 0.2) is 0 Å². The number of allylic oxidation sites excluding steroid dienone is 5. The Morgan fingerprint density at radius 1 is 0.931 bits per heavy atom. The van der Waals surface area contributed by atoms with Crippen molar-refractivity contribution in [3.8, 4) is 11.1 Å². The van der Waals surface area contributed by atoms with E-state index in [0.717, 1.165) is 11.5 Å². The highest BCUT2D eigenvalue weighted by atomic mass is 16.1. The number of nitrogens with one attached hydrogen (secondary N) is 2. The SMILES string of the molecule is C=C(NC)Nc1ccc(-c2cccc(C)c2)cc1.C=C/C=C/C=C\C.C=O.CC. The Bertz CT molecular complexity index is 744. The van der Waals surface area contributed by atoms with Crippen LogP contribution in [0.5, 0.6) is 0 Å². The van der Waals surface area contributed by atoms with E-state index in [4.69, 9.17) is 4.79 Å². The number of rotatable bonds is 6. The molecule has 29 heavy (non-hydrogen) atoms. The van der Waals surface area contributed by atoms with Gasteiger partial charge >= 0.3 is 0 Å². The molecule has 0 radical (unpaired) electrons. The second-order valence-corrected chi connectivity index (χ2v) is 5.45. The summed E-state index contributed by atoms with van der Waals surface area (Å²) < 4.78 is 0. The highest BCUT2D eigenvalue weighted by molar-refractivity contribution is 5.67. The second kappa shape index (κ2) is 19.4. The molecule has 0 aliphatic rings. The van der Waals surface area contributed by atoms with E-state index in [9.17, 15) is 0 Å². The molecule has 0 aromatic heterocycles. The van der Waals surface area contributed by atoms with Crippen molar-refractivity contribution >= 4 is 12.5 Å². The fourth-order valence-electron chi connectivity index (χ4n) is 2.06. The molecule has 0 saturated heterocycles. The van der Waals surface area contributed by atoms with Gasteiger partial charge in [-0.15, -0.1) is 0 Å². The molecule has 0 aliphatic carbocycles. The van der Waals surface area contributed by atoms with Gasteiger partial charge in [0.2, 0.25) is 0 Å². The number of anilines is 1. The van der Waals surface area contributed by atoms with Crippen molar-refractivity contribution in [2.45, 2.75) is 27.7 Å². The van der Waals surface area contributed by atoms with Gasteiger partial charge in [-0.2, -0.15) is 0 Å². The third-order valence-electron chi connectivity index (χ3n) is 3.38. The highest BCUT2D eigenvalue weighted by Crippen LogP contribution is 2.22. The monoisotopic (exact) mass is 392 g/mol. The lowest BCUT2D eigenvalue weighted by atomic mass is 10.0. The van der Waals surface area contributed by atoms with Crippen molar-refractivity contribution in [2.24, 2.45) is 0 Å². The van der Waals surface area contributed by atoms with Crippen LogP contribution in [-0.2, 0) is 4.79 Å². The van der Waals surface area contributed by atoms with Crippen LogP contribution in [0, 0.1) is 6.92 Å². The number of hydrogen-bond donors (Lipinski definition) is 2. The van der Waals surface area contributed by atoms with Gasteiger partial charge in [-0.1, -0.05) is 99.3 Å². The van der Waals surface area contributed by atoms with E-state index in [1.807, 2.05) is 58.9 Å². The number of benzene rings is 2. The maximum absolute atomic E-state index is 8.00. The zero-order valence-corrected chi connectivity index (χ0v) is 18.5. The Labute approximate surface area is 177 Å². The third kappa shape index (κ3) is 13.5. The van der Waals surface area contributed by atoms with Crippen LogP contribution in [-0.4, -0.2) is 13.8 Å². The molecule has 0 saturated carbocycles. The summed E-state index contributed by atoms with van der Waals surface area (Å²) in [5.74, 6) is 0.790. The van der Waals surface area contributed by atoms with Crippen molar-refractivity contribution in [3.05, 3.63) is 103 Å². The Balaban J connectivity index is 0. The highest BCUT2D eigenvalue weighted by Gasteiger charge is 1.98. The number of carbonyl (C=O) groups excluding carboxylic acids is 1. The van der Waals surface area contributed by atoms with E-state index in [2.05, 4.69) is 79.2 Å². The molecule has 0 fully saturated rings. The zero-order valence-electron chi connectivity index (χ0n) is 18.5. The molecule has 3 heteroatoms. The molecule has 2 aromatic carbocycles. The van der Waals surface area contributed by atoms with Crippen LogP contribution in [0.15, 0.2) is 97.9 Å². The van der Waals surface area contributed by atoms with Crippen molar-refractivity contribution in [2.75, 3.05) is 12.4 Å². The minimum Gasteiger partial charge on any atom is -0.375 e. The van der Waals surface area contributed by atoms with Gasteiger partial charge in [0.05, 0.1) is 5.82 Å². The average molecular weight is 393 g/mol. The van der Waals surface area contributed by atoms with E-state index < -0.39 is 0 Å². The van der Waals surface area contributed by atoms with Crippen LogP contribution in [0.2, 0.25) is 0 Å². The smallest absolute Gasteiger partial charge is 0.106 e. The lowest BCUT2D eigenvalue weighted by Gasteiger charge is -2.09. The van der Waals surface area contributed by atoms with E-state index in [-0.39, 0.29) is 0 Å². The van der Waals surface area contributed by atoms with Crippen LogP contribution in [0.25, 0.3) is 11.1 Å². The zero-order chi connectivity index (χ0) is 22.5. The first kappa shape index (κ1) is 27.9. The maximum atomic E-state index is 8.00. The minimum absolute atomic E-state index is 0.790. The Morgan fingerprint density at radius 3 is 2.03 bits per heavy atom. The summed E-state index contributed by atoms with van der Waals surface area (Å²) in [7, 11) is 1.84. The van der Waals surface area contributed by atoms with Crippen LogP contribution < -0.4 is 10.6 Å². The van der Waals surface area contributed by atoms with Gasteiger partial charge in [-0.3, -0.25) is 0 Å². The molecule has 0 amide bonds. The summed E-state index contributed by atoms with van der Waals surface area (Å²) in [5.41, 5.74) is 4.78. The van der Waals surface area contributed by atoms with Crippen LogP contribution in [0.3, 0.4) is 0 Å². The molecule has 2 aromatic rings. The van der Waals surface area contributed by atoms with Crippen molar-refractivity contribution in [1.29, 1.82) is 0 Å². The van der Waals surface area contributed by atoms with E-state index >= 15 is 0 Å². The van der Waals surface area contributed by atoms with E-state index in [1.54, 1.807) is 6.08 Å². The van der Waals surface area contributed by atoms with Crippen LogP contribution >= 0.6 is 0 Å². The summed E-state index contributed by atoms with van der Waals surface area (Å²) in [6.07, 6.45) is 9.51. The Morgan fingerprint density at radius 2 is 1.55 bits per heavy atom. The van der Waals surface area contributed by atoms with Crippen molar-refractivity contribution in [3.63, 3.8) is 0 Å². The lowest BCUT2D eigenvalue weighted by Crippen LogP contribution is -2.12. The first-order valence-corrected chi connectivity index (χ1v) is 9.60. The standard InChI is InChI=1S/C16H18N2.C7H10.C2H6.CH2O/c1-12-5-4-6-15(11-12)14-7-9-16(10-8-14)18-13(2)17-3;1-3-5-7-6-4-2;2*1-2/h4-11,17-18H,2H2,1,3H3;3-7H,1H2,2H3;1-2H3;1H2/b;6-4-,7-5+;;. The largest absolute Gasteiger partial charge is 0.375 e. The van der Waals surface area contributed by atoms with Crippen molar-refractivity contribution in [1.82, 2.24) is 5.32 Å².